The second-order valence-electron chi connectivity index (χ2n) is 8.37. The first-order chi connectivity index (χ1) is 13.0. The van der Waals surface area contributed by atoms with Gasteiger partial charge in [-0.3, -0.25) is 24.6 Å². The lowest BCUT2D eigenvalue weighted by Crippen LogP contribution is -2.52. The summed E-state index contributed by atoms with van der Waals surface area (Å²) in [6.07, 6.45) is 1.90. The van der Waals surface area contributed by atoms with Crippen LogP contribution in [0, 0.1) is 11.8 Å². The van der Waals surface area contributed by atoms with Crippen LogP contribution in [0.5, 0.6) is 0 Å². The average Bonchev–Trinajstić information content (AvgIpc) is 3.33. The van der Waals surface area contributed by atoms with Crippen LogP contribution in [-0.4, -0.2) is 52.7 Å². The van der Waals surface area contributed by atoms with Crippen LogP contribution < -0.4 is 11.1 Å². The highest BCUT2D eigenvalue weighted by Gasteiger charge is 2.46. The van der Waals surface area contributed by atoms with Gasteiger partial charge in [-0.2, -0.15) is 0 Å². The van der Waals surface area contributed by atoms with Crippen molar-refractivity contribution in [3.8, 4) is 0 Å². The van der Waals surface area contributed by atoms with Crippen molar-refractivity contribution in [2.75, 3.05) is 13.1 Å². The maximum atomic E-state index is 13.1. The molecule has 7 heteroatoms. The van der Waals surface area contributed by atoms with Crippen molar-refractivity contribution in [3.63, 3.8) is 0 Å². The summed E-state index contributed by atoms with van der Waals surface area (Å²) in [5.74, 6) is 0.672. The van der Waals surface area contributed by atoms with E-state index in [9.17, 15) is 14.4 Å². The summed E-state index contributed by atoms with van der Waals surface area (Å²) < 4.78 is 0. The summed E-state index contributed by atoms with van der Waals surface area (Å²) in [7, 11) is 0. The molecule has 0 bridgehead atoms. The Morgan fingerprint density at radius 1 is 1.19 bits per heavy atom. The number of rotatable bonds is 3. The lowest BCUT2D eigenvalue weighted by molar-refractivity contribution is -0.136. The molecule has 3 heterocycles. The molecule has 2 saturated heterocycles. The van der Waals surface area contributed by atoms with Crippen LogP contribution in [-0.2, 0) is 22.7 Å². The number of imide groups is 1. The number of hydrogen-bond acceptors (Lipinski definition) is 5. The predicted molar refractivity (Wildman–Crippen MR) is 97.3 cm³/mol. The number of hydrogen-bond donors (Lipinski definition) is 2. The van der Waals surface area contributed by atoms with E-state index in [1.807, 2.05) is 18.2 Å². The highest BCUT2D eigenvalue weighted by atomic mass is 16.2. The maximum Gasteiger partial charge on any atom is 0.255 e. The molecule has 1 unspecified atom stereocenters. The van der Waals surface area contributed by atoms with Crippen molar-refractivity contribution in [1.82, 2.24) is 15.1 Å². The van der Waals surface area contributed by atoms with Gasteiger partial charge in [0.05, 0.1) is 0 Å². The summed E-state index contributed by atoms with van der Waals surface area (Å²) in [6, 6.07) is 5.62. The number of fused-ring (bicyclic) bond motifs is 2. The highest BCUT2D eigenvalue weighted by molar-refractivity contribution is 6.05. The summed E-state index contributed by atoms with van der Waals surface area (Å²) in [6.45, 7) is 3.07. The number of nitrogens with zero attached hydrogens (tertiary/aromatic N) is 2. The van der Waals surface area contributed by atoms with Gasteiger partial charge in [-0.05, 0) is 35.8 Å². The zero-order valence-corrected chi connectivity index (χ0v) is 15.2. The van der Waals surface area contributed by atoms with Crippen molar-refractivity contribution in [2.24, 2.45) is 17.6 Å². The van der Waals surface area contributed by atoms with E-state index in [-0.39, 0.29) is 30.2 Å². The van der Waals surface area contributed by atoms with Gasteiger partial charge in [-0.25, -0.2) is 0 Å². The third-order valence-electron chi connectivity index (χ3n) is 6.52. The van der Waals surface area contributed by atoms with Gasteiger partial charge < -0.3 is 10.6 Å². The Kier molecular flexibility index (Phi) is 3.84. The van der Waals surface area contributed by atoms with Gasteiger partial charge in [0, 0.05) is 44.2 Å². The molecule has 4 atom stereocenters. The molecule has 27 heavy (non-hydrogen) atoms. The van der Waals surface area contributed by atoms with Crippen molar-refractivity contribution in [2.45, 2.75) is 44.4 Å². The summed E-state index contributed by atoms with van der Waals surface area (Å²) in [5.41, 5.74) is 8.97. The molecule has 1 aliphatic carbocycles. The minimum Gasteiger partial charge on any atom is -0.326 e. The molecule has 3 fully saturated rings. The van der Waals surface area contributed by atoms with Crippen LogP contribution in [0.25, 0.3) is 0 Å². The van der Waals surface area contributed by atoms with Gasteiger partial charge in [0.15, 0.2) is 0 Å². The normalized spacial score (nSPS) is 32.9. The van der Waals surface area contributed by atoms with Gasteiger partial charge in [-0.1, -0.05) is 18.2 Å². The Balaban J connectivity index is 1.36. The molecular weight excluding hydrogens is 344 g/mol. The summed E-state index contributed by atoms with van der Waals surface area (Å²) >= 11 is 0. The van der Waals surface area contributed by atoms with E-state index in [4.69, 9.17) is 5.73 Å². The smallest absolute Gasteiger partial charge is 0.255 e. The van der Waals surface area contributed by atoms with Gasteiger partial charge in [0.2, 0.25) is 11.8 Å². The molecule has 1 aromatic carbocycles. The van der Waals surface area contributed by atoms with E-state index in [1.165, 1.54) is 6.42 Å². The van der Waals surface area contributed by atoms with Gasteiger partial charge in [0.1, 0.15) is 6.04 Å². The number of likely N-dealkylation sites (tertiary alicyclic amines) is 1. The molecule has 142 valence electrons. The van der Waals surface area contributed by atoms with Crippen LogP contribution >= 0.6 is 0 Å². The summed E-state index contributed by atoms with van der Waals surface area (Å²) in [4.78, 5) is 40.8. The second-order valence-corrected chi connectivity index (χ2v) is 8.37. The van der Waals surface area contributed by atoms with Crippen molar-refractivity contribution < 1.29 is 14.4 Å². The molecule has 3 aliphatic heterocycles. The fraction of sp³-hybridized carbons (Fsp3) is 0.550. The number of nitrogens with one attached hydrogen (secondary N) is 1. The molecule has 7 nitrogen and oxygen atoms in total. The Bertz CT molecular complexity index is 839. The minimum atomic E-state index is -0.564. The lowest BCUT2D eigenvalue weighted by atomic mass is 10.0. The van der Waals surface area contributed by atoms with Gasteiger partial charge >= 0.3 is 0 Å². The maximum absolute atomic E-state index is 13.1. The van der Waals surface area contributed by atoms with E-state index in [0.717, 1.165) is 36.3 Å². The predicted octanol–water partition coefficient (Wildman–Crippen LogP) is 0.227. The van der Waals surface area contributed by atoms with Crippen LogP contribution in [0.15, 0.2) is 18.2 Å². The minimum absolute atomic E-state index is 0.0966. The highest BCUT2D eigenvalue weighted by Crippen LogP contribution is 2.44. The van der Waals surface area contributed by atoms with Crippen molar-refractivity contribution >= 4 is 17.7 Å². The number of nitrogens with two attached hydrogens (primary N) is 1. The Labute approximate surface area is 157 Å². The first kappa shape index (κ1) is 16.9. The number of piperidine rings is 2. The molecule has 1 aromatic rings. The molecule has 5 rings (SSSR count). The molecular formula is C20H24N4O3. The van der Waals surface area contributed by atoms with E-state index >= 15 is 0 Å². The molecule has 0 radical (unpaired) electrons. The number of carbonyl (C=O) groups excluding carboxylic acids is 3. The third kappa shape index (κ3) is 2.85. The Morgan fingerprint density at radius 3 is 2.81 bits per heavy atom. The Morgan fingerprint density at radius 2 is 2.04 bits per heavy atom. The quantitative estimate of drug-likeness (QED) is 0.745. The van der Waals surface area contributed by atoms with E-state index in [0.29, 0.717) is 24.8 Å². The molecule has 1 saturated carbocycles. The van der Waals surface area contributed by atoms with Crippen molar-refractivity contribution in [1.29, 1.82) is 0 Å². The summed E-state index contributed by atoms with van der Waals surface area (Å²) in [5, 5.41) is 2.35. The molecule has 3 N–H and O–H groups in total. The van der Waals surface area contributed by atoms with E-state index < -0.39 is 6.04 Å². The standard InChI is InChI=1S/C20H24N4O3/c21-15-10-23(8-13-6-14(13)15)7-11-2-1-3-12-9-24(20(27)18(11)12)16-4-5-17(25)22-19(16)26/h1-3,13-16H,4-10,21H2,(H,22,25,26)/t13-,14-,15-,16?/m0/s1. The van der Waals surface area contributed by atoms with Crippen LogP contribution in [0.3, 0.4) is 0 Å². The van der Waals surface area contributed by atoms with Crippen molar-refractivity contribution in [3.05, 3.63) is 34.9 Å². The first-order valence-corrected chi connectivity index (χ1v) is 9.74. The largest absolute Gasteiger partial charge is 0.326 e. The van der Waals surface area contributed by atoms with E-state index in [2.05, 4.69) is 10.2 Å². The van der Waals surface area contributed by atoms with Crippen LogP contribution in [0.1, 0.15) is 40.7 Å². The van der Waals surface area contributed by atoms with Gasteiger partial charge in [0.25, 0.3) is 5.91 Å². The number of carbonyl (C=O) groups is 3. The monoisotopic (exact) mass is 368 g/mol. The number of amides is 3. The third-order valence-corrected chi connectivity index (χ3v) is 6.52. The van der Waals surface area contributed by atoms with Crippen LogP contribution in [0.4, 0.5) is 0 Å². The molecule has 0 aromatic heterocycles. The second kappa shape index (κ2) is 6.14. The molecule has 4 aliphatic rings. The van der Waals surface area contributed by atoms with Gasteiger partial charge in [-0.15, -0.1) is 0 Å². The van der Waals surface area contributed by atoms with E-state index in [1.54, 1.807) is 4.90 Å². The SMILES string of the molecule is N[C@H]1CN(Cc2cccc3c2C(=O)N(C2CCC(=O)NC2=O)C3)C[C@@H]2C[C@@H]21. The topological polar surface area (TPSA) is 95.7 Å². The number of benzene rings is 1. The lowest BCUT2D eigenvalue weighted by Gasteiger charge is -2.31. The fourth-order valence-electron chi connectivity index (χ4n) is 5.04. The first-order valence-electron chi connectivity index (χ1n) is 9.74. The fourth-order valence-corrected chi connectivity index (χ4v) is 5.04. The zero-order chi connectivity index (χ0) is 18.7. The Hall–Kier alpha value is -2.25. The molecule has 0 spiro atoms. The average molecular weight is 368 g/mol. The van der Waals surface area contributed by atoms with Crippen LogP contribution in [0.2, 0.25) is 0 Å². The zero-order valence-electron chi connectivity index (χ0n) is 15.2. The molecule has 3 amide bonds.